The van der Waals surface area contributed by atoms with Gasteiger partial charge in [0.15, 0.2) is 0 Å². The van der Waals surface area contributed by atoms with Gasteiger partial charge in [-0.3, -0.25) is 14.6 Å². The van der Waals surface area contributed by atoms with Crippen LogP contribution in [0.3, 0.4) is 0 Å². The van der Waals surface area contributed by atoms with Gasteiger partial charge in [-0.05, 0) is 42.7 Å². The highest BCUT2D eigenvalue weighted by molar-refractivity contribution is 6.09. The largest absolute Gasteiger partial charge is 0.495 e. The smallest absolute Gasteiger partial charge is 0.257 e. The first-order valence-corrected chi connectivity index (χ1v) is 9.32. The highest BCUT2D eigenvalue weighted by atomic mass is 16.5. The summed E-state index contributed by atoms with van der Waals surface area (Å²) in [6, 6.07) is 14.5. The SMILES string of the molecule is CCc1cccc(C)c1NC(=O)c1cncc(C(=O)Nc2ccccc2OC)c1. The van der Waals surface area contributed by atoms with Crippen molar-refractivity contribution in [3.63, 3.8) is 0 Å². The first-order valence-electron chi connectivity index (χ1n) is 9.32. The quantitative estimate of drug-likeness (QED) is 0.652. The molecule has 0 saturated carbocycles. The molecule has 0 fully saturated rings. The minimum atomic E-state index is -0.373. The van der Waals surface area contributed by atoms with E-state index in [1.165, 1.54) is 25.6 Å². The predicted molar refractivity (Wildman–Crippen MR) is 114 cm³/mol. The zero-order valence-electron chi connectivity index (χ0n) is 16.7. The summed E-state index contributed by atoms with van der Waals surface area (Å²) in [5, 5.41) is 5.73. The van der Waals surface area contributed by atoms with E-state index in [4.69, 9.17) is 4.74 Å². The second kappa shape index (κ2) is 9.01. The molecule has 0 saturated heterocycles. The Kier molecular flexibility index (Phi) is 6.24. The number of aromatic nitrogens is 1. The average molecular weight is 389 g/mol. The average Bonchev–Trinajstić information content (AvgIpc) is 2.75. The van der Waals surface area contributed by atoms with Gasteiger partial charge < -0.3 is 15.4 Å². The number of carbonyl (C=O) groups excluding carboxylic acids is 2. The molecule has 6 heteroatoms. The molecule has 0 atom stereocenters. The van der Waals surface area contributed by atoms with E-state index in [-0.39, 0.29) is 17.4 Å². The second-order valence-corrected chi connectivity index (χ2v) is 6.53. The molecule has 0 radical (unpaired) electrons. The first kappa shape index (κ1) is 20.1. The number of aryl methyl sites for hydroxylation is 2. The molecule has 3 rings (SSSR count). The fraction of sp³-hybridized carbons (Fsp3) is 0.174. The number of methoxy groups -OCH3 is 1. The minimum absolute atomic E-state index is 0.282. The van der Waals surface area contributed by atoms with Crippen LogP contribution < -0.4 is 15.4 Å². The number of para-hydroxylation sites is 3. The molecule has 2 aromatic carbocycles. The Morgan fingerprint density at radius 1 is 0.966 bits per heavy atom. The van der Waals surface area contributed by atoms with Crippen molar-refractivity contribution in [1.29, 1.82) is 0 Å². The predicted octanol–water partition coefficient (Wildman–Crippen LogP) is 4.47. The summed E-state index contributed by atoms with van der Waals surface area (Å²) in [7, 11) is 1.54. The molecule has 1 aromatic heterocycles. The van der Waals surface area contributed by atoms with Gasteiger partial charge in [0, 0.05) is 18.1 Å². The number of pyridine rings is 1. The lowest BCUT2D eigenvalue weighted by atomic mass is 10.1. The van der Waals surface area contributed by atoms with Crippen LogP contribution in [-0.4, -0.2) is 23.9 Å². The van der Waals surface area contributed by atoms with Crippen LogP contribution in [0.15, 0.2) is 60.9 Å². The van der Waals surface area contributed by atoms with Gasteiger partial charge in [-0.15, -0.1) is 0 Å². The van der Waals surface area contributed by atoms with Crippen LogP contribution in [0.1, 0.15) is 38.8 Å². The molecule has 0 spiro atoms. The van der Waals surface area contributed by atoms with Gasteiger partial charge in [0.05, 0.1) is 23.9 Å². The number of rotatable bonds is 6. The van der Waals surface area contributed by atoms with Crippen molar-refractivity contribution in [3.8, 4) is 5.75 Å². The standard InChI is InChI=1S/C23H23N3O3/c1-4-16-9-7-8-15(2)21(16)26-23(28)18-12-17(13-24-14-18)22(27)25-19-10-5-6-11-20(19)29-3/h5-14H,4H2,1-3H3,(H,25,27)(H,26,28). The molecule has 6 nitrogen and oxygen atoms in total. The van der Waals surface area contributed by atoms with Gasteiger partial charge in [-0.2, -0.15) is 0 Å². The molecule has 2 amide bonds. The molecular formula is C23H23N3O3. The van der Waals surface area contributed by atoms with E-state index in [0.717, 1.165) is 23.2 Å². The Labute approximate surface area is 169 Å². The lowest BCUT2D eigenvalue weighted by Gasteiger charge is -2.13. The molecule has 2 N–H and O–H groups in total. The zero-order valence-corrected chi connectivity index (χ0v) is 16.7. The van der Waals surface area contributed by atoms with Crippen molar-refractivity contribution in [2.24, 2.45) is 0 Å². The number of nitrogens with zero attached hydrogens (tertiary/aromatic N) is 1. The first-order chi connectivity index (χ1) is 14.0. The number of carbonyl (C=O) groups is 2. The van der Waals surface area contributed by atoms with E-state index in [1.807, 2.05) is 38.1 Å². The van der Waals surface area contributed by atoms with E-state index in [1.54, 1.807) is 18.2 Å². The van der Waals surface area contributed by atoms with Crippen molar-refractivity contribution in [1.82, 2.24) is 4.98 Å². The second-order valence-electron chi connectivity index (χ2n) is 6.53. The third kappa shape index (κ3) is 4.60. The summed E-state index contributed by atoms with van der Waals surface area (Å²) >= 11 is 0. The Morgan fingerprint density at radius 2 is 1.66 bits per heavy atom. The third-order valence-corrected chi connectivity index (χ3v) is 4.60. The van der Waals surface area contributed by atoms with Crippen LogP contribution in [0.5, 0.6) is 5.75 Å². The topological polar surface area (TPSA) is 80.3 Å². The van der Waals surface area contributed by atoms with Crippen LogP contribution in [0, 0.1) is 6.92 Å². The van der Waals surface area contributed by atoms with Crippen molar-refractivity contribution < 1.29 is 14.3 Å². The van der Waals surface area contributed by atoms with Gasteiger partial charge in [-0.25, -0.2) is 0 Å². The summed E-state index contributed by atoms with van der Waals surface area (Å²) in [6.45, 7) is 3.99. The number of hydrogen-bond donors (Lipinski definition) is 2. The maximum Gasteiger partial charge on any atom is 0.257 e. The van der Waals surface area contributed by atoms with Crippen molar-refractivity contribution >= 4 is 23.2 Å². The van der Waals surface area contributed by atoms with Crippen molar-refractivity contribution in [2.45, 2.75) is 20.3 Å². The summed E-state index contributed by atoms with van der Waals surface area (Å²) in [4.78, 5) is 29.5. The molecular weight excluding hydrogens is 366 g/mol. The lowest BCUT2D eigenvalue weighted by molar-refractivity contribution is 0.102. The molecule has 0 aliphatic rings. The number of anilines is 2. The monoisotopic (exact) mass is 389 g/mol. The van der Waals surface area contributed by atoms with Crippen molar-refractivity contribution in [2.75, 3.05) is 17.7 Å². The van der Waals surface area contributed by atoms with E-state index in [0.29, 0.717) is 17.0 Å². The van der Waals surface area contributed by atoms with Crippen LogP contribution >= 0.6 is 0 Å². The molecule has 0 bridgehead atoms. The van der Waals surface area contributed by atoms with E-state index in [2.05, 4.69) is 15.6 Å². The van der Waals surface area contributed by atoms with Gasteiger partial charge in [0.1, 0.15) is 5.75 Å². The molecule has 1 heterocycles. The van der Waals surface area contributed by atoms with Crippen LogP contribution in [0.25, 0.3) is 0 Å². The molecule has 0 aliphatic heterocycles. The minimum Gasteiger partial charge on any atom is -0.495 e. The number of benzene rings is 2. The molecule has 148 valence electrons. The van der Waals surface area contributed by atoms with E-state index in [9.17, 15) is 9.59 Å². The number of hydrogen-bond acceptors (Lipinski definition) is 4. The van der Waals surface area contributed by atoms with Crippen LogP contribution in [0.2, 0.25) is 0 Å². The normalized spacial score (nSPS) is 10.3. The van der Waals surface area contributed by atoms with Crippen molar-refractivity contribution in [3.05, 3.63) is 83.2 Å². The lowest BCUT2D eigenvalue weighted by Crippen LogP contribution is -2.17. The number of ether oxygens (including phenoxy) is 1. The summed E-state index contributed by atoms with van der Waals surface area (Å²) in [5.41, 5.74) is 3.96. The molecule has 29 heavy (non-hydrogen) atoms. The summed E-state index contributed by atoms with van der Waals surface area (Å²) < 4.78 is 5.25. The Balaban J connectivity index is 1.80. The molecule has 3 aromatic rings. The molecule has 0 unspecified atom stereocenters. The van der Waals surface area contributed by atoms with Crippen LogP contribution in [-0.2, 0) is 6.42 Å². The highest BCUT2D eigenvalue weighted by Crippen LogP contribution is 2.24. The van der Waals surface area contributed by atoms with Gasteiger partial charge in [0.2, 0.25) is 0 Å². The summed E-state index contributed by atoms with van der Waals surface area (Å²) in [6.07, 6.45) is 3.67. The maximum absolute atomic E-state index is 12.8. The van der Waals surface area contributed by atoms with Gasteiger partial charge in [0.25, 0.3) is 11.8 Å². The Hall–Kier alpha value is -3.67. The fourth-order valence-corrected chi connectivity index (χ4v) is 3.02. The number of nitrogens with one attached hydrogen (secondary N) is 2. The van der Waals surface area contributed by atoms with Gasteiger partial charge in [-0.1, -0.05) is 37.3 Å². The van der Waals surface area contributed by atoms with Crippen LogP contribution in [0.4, 0.5) is 11.4 Å². The zero-order chi connectivity index (χ0) is 20.8. The highest BCUT2D eigenvalue weighted by Gasteiger charge is 2.15. The fourth-order valence-electron chi connectivity index (χ4n) is 3.02. The van der Waals surface area contributed by atoms with E-state index >= 15 is 0 Å². The maximum atomic E-state index is 12.8. The third-order valence-electron chi connectivity index (χ3n) is 4.60. The number of amides is 2. The molecule has 0 aliphatic carbocycles. The Morgan fingerprint density at radius 3 is 2.34 bits per heavy atom. The van der Waals surface area contributed by atoms with Gasteiger partial charge >= 0.3 is 0 Å². The van der Waals surface area contributed by atoms with E-state index < -0.39 is 0 Å². The summed E-state index contributed by atoms with van der Waals surface area (Å²) in [5.74, 6) is -0.135. The Bertz CT molecular complexity index is 1050.